The van der Waals surface area contributed by atoms with Crippen LogP contribution in [0.3, 0.4) is 0 Å². The fraction of sp³-hybridized carbons (Fsp3) is 0.967. The molecule has 0 aromatic carbocycles. The van der Waals surface area contributed by atoms with Crippen LogP contribution in [0.1, 0.15) is 88.0 Å². The van der Waals surface area contributed by atoms with E-state index in [1.165, 1.54) is 6.92 Å². The Hall–Kier alpha value is -0.850. The molecule has 0 aliphatic carbocycles. The van der Waals surface area contributed by atoms with Gasteiger partial charge in [0.25, 0.3) is 0 Å². The lowest BCUT2D eigenvalue weighted by atomic mass is 9.79. The molecule has 0 amide bonds. The molecule has 0 saturated carbocycles. The van der Waals surface area contributed by atoms with Gasteiger partial charge in [0.15, 0.2) is 6.29 Å². The molecule has 0 aromatic heterocycles. The van der Waals surface area contributed by atoms with Gasteiger partial charge in [-0.3, -0.25) is 4.79 Å². The van der Waals surface area contributed by atoms with Crippen LogP contribution in [0.2, 0.25) is 0 Å². The average molecular weight is 575 g/mol. The second-order valence-electron chi connectivity index (χ2n) is 13.8. The van der Waals surface area contributed by atoms with E-state index in [4.69, 9.17) is 14.2 Å². The molecule has 2 aliphatic heterocycles. The van der Waals surface area contributed by atoms with Crippen molar-refractivity contribution in [2.24, 2.45) is 17.8 Å². The molecular weight excluding hydrogens is 516 g/mol. The van der Waals surface area contributed by atoms with Gasteiger partial charge in [-0.15, -0.1) is 0 Å². The molecule has 2 rings (SSSR count). The summed E-state index contributed by atoms with van der Waals surface area (Å²) in [4.78, 5) is 15.2. The largest absolute Gasteiger partial charge is 0.459 e. The van der Waals surface area contributed by atoms with Crippen molar-refractivity contribution >= 4 is 5.97 Å². The molecule has 2 aliphatic rings. The Morgan fingerprint density at radius 2 is 1.62 bits per heavy atom. The number of rotatable bonds is 4. The second kappa shape index (κ2) is 13.6. The Kier molecular flexibility index (Phi) is 12.0. The SMILES string of the molecule is CC[C@H]1OC(=O)[C@H](C)C[C@H](C)[C@@H](O[C@@H]2O[C@H](C)C[C@@H](N(C)C)[C@]2(C)O)[C@](C)(O)C[C@@H](C)CN[C@H](C)[C@@H](O)[C@]1(C)O. The molecule has 5 N–H and O–H groups in total. The zero-order valence-electron chi connectivity index (χ0n) is 26.7. The van der Waals surface area contributed by atoms with E-state index in [1.807, 2.05) is 39.8 Å². The first-order chi connectivity index (χ1) is 18.2. The number of carbonyl (C=O) groups is 1. The molecule has 0 radical (unpaired) electrons. The highest BCUT2D eigenvalue weighted by atomic mass is 16.7. The van der Waals surface area contributed by atoms with E-state index in [0.717, 1.165) is 0 Å². The standard InChI is InChI=1S/C30H58N2O8/c1-12-23-30(9,37)24(33)21(6)31-16-17(2)15-28(7,35)25(18(3)13-19(4)26(34)39-23)40-27-29(8,36)22(32(10)11)14-20(5)38-27/h17-25,27,31,33,35-37H,12-16H2,1-11H3/t17-,18+,19-,20-,21-,22-,23-,24-,25-,27+,28-,29+,30-/m1/s1. The van der Waals surface area contributed by atoms with Gasteiger partial charge in [-0.05, 0) is 92.8 Å². The molecule has 0 spiro atoms. The number of hydrogen-bond acceptors (Lipinski definition) is 10. The van der Waals surface area contributed by atoms with Crippen molar-refractivity contribution in [3.63, 3.8) is 0 Å². The summed E-state index contributed by atoms with van der Waals surface area (Å²) < 4.78 is 18.5. The summed E-state index contributed by atoms with van der Waals surface area (Å²) in [5.41, 5.74) is -4.34. The Morgan fingerprint density at radius 1 is 1.02 bits per heavy atom. The molecular formula is C30H58N2O8. The quantitative estimate of drug-likeness (QED) is 0.317. The van der Waals surface area contributed by atoms with Gasteiger partial charge in [-0.1, -0.05) is 27.7 Å². The smallest absolute Gasteiger partial charge is 0.309 e. The van der Waals surface area contributed by atoms with Gasteiger partial charge < -0.3 is 44.9 Å². The minimum atomic E-state index is -1.66. The van der Waals surface area contributed by atoms with E-state index in [9.17, 15) is 25.2 Å². The highest BCUT2D eigenvalue weighted by molar-refractivity contribution is 5.72. The maximum atomic E-state index is 13.2. The third-order valence-corrected chi connectivity index (χ3v) is 9.12. The van der Waals surface area contributed by atoms with Crippen LogP contribution in [-0.2, 0) is 19.0 Å². The summed E-state index contributed by atoms with van der Waals surface area (Å²) in [6.45, 7) is 16.6. The van der Waals surface area contributed by atoms with Crippen molar-refractivity contribution in [3.8, 4) is 0 Å². The topological polar surface area (TPSA) is 141 Å². The summed E-state index contributed by atoms with van der Waals surface area (Å²) in [7, 11) is 3.83. The minimum Gasteiger partial charge on any atom is -0.459 e. The Morgan fingerprint density at radius 3 is 2.17 bits per heavy atom. The van der Waals surface area contributed by atoms with E-state index in [1.54, 1.807) is 34.6 Å². The molecule has 0 unspecified atom stereocenters. The summed E-state index contributed by atoms with van der Waals surface area (Å²) >= 11 is 0. The zero-order chi connectivity index (χ0) is 30.8. The van der Waals surface area contributed by atoms with Crippen LogP contribution in [0.5, 0.6) is 0 Å². The van der Waals surface area contributed by atoms with E-state index < -0.39 is 59.3 Å². The molecule has 40 heavy (non-hydrogen) atoms. The van der Waals surface area contributed by atoms with Gasteiger partial charge in [0.1, 0.15) is 23.4 Å². The third kappa shape index (κ3) is 8.16. The molecule has 236 valence electrons. The number of esters is 1. The number of likely N-dealkylation sites (N-methyl/N-ethyl adjacent to an activating group) is 1. The molecule has 2 saturated heterocycles. The maximum Gasteiger partial charge on any atom is 0.309 e. The lowest BCUT2D eigenvalue weighted by Gasteiger charge is -2.50. The summed E-state index contributed by atoms with van der Waals surface area (Å²) in [6.07, 6.45) is -2.35. The lowest BCUT2D eigenvalue weighted by molar-refractivity contribution is -0.325. The number of cyclic esters (lactones) is 1. The van der Waals surface area contributed by atoms with Gasteiger partial charge in [-0.2, -0.15) is 0 Å². The normalized spacial score (nSPS) is 48.8. The first-order valence-corrected chi connectivity index (χ1v) is 15.0. The summed E-state index contributed by atoms with van der Waals surface area (Å²) in [5, 5.41) is 49.0. The number of aliphatic hydroxyl groups excluding tert-OH is 1. The number of nitrogens with zero attached hydrogens (tertiary/aromatic N) is 1. The van der Waals surface area contributed by atoms with Crippen LogP contribution in [0.15, 0.2) is 0 Å². The van der Waals surface area contributed by atoms with Gasteiger partial charge in [0, 0.05) is 12.1 Å². The van der Waals surface area contributed by atoms with Gasteiger partial charge in [-0.25, -0.2) is 0 Å². The number of nitrogens with one attached hydrogen (secondary N) is 1. The van der Waals surface area contributed by atoms with Crippen LogP contribution >= 0.6 is 0 Å². The molecule has 10 heteroatoms. The Bertz CT molecular complexity index is 820. The van der Waals surface area contributed by atoms with Crippen molar-refractivity contribution in [2.75, 3.05) is 20.6 Å². The Labute approximate surface area is 241 Å². The molecule has 2 heterocycles. The third-order valence-electron chi connectivity index (χ3n) is 9.12. The summed E-state index contributed by atoms with van der Waals surface area (Å²) in [5.74, 6) is -1.41. The van der Waals surface area contributed by atoms with Gasteiger partial charge >= 0.3 is 5.97 Å². The molecule has 0 aromatic rings. The van der Waals surface area contributed by atoms with Crippen molar-refractivity contribution in [1.82, 2.24) is 10.2 Å². The van der Waals surface area contributed by atoms with Crippen LogP contribution in [0.4, 0.5) is 0 Å². The average Bonchev–Trinajstić information content (AvgIpc) is 2.83. The number of hydrogen-bond donors (Lipinski definition) is 5. The molecule has 13 atom stereocenters. The van der Waals surface area contributed by atoms with E-state index in [2.05, 4.69) is 5.32 Å². The number of carbonyl (C=O) groups excluding carboxylic acids is 1. The van der Waals surface area contributed by atoms with Crippen LogP contribution in [-0.4, -0.2) is 112 Å². The lowest BCUT2D eigenvalue weighted by Crippen LogP contribution is -2.64. The highest BCUT2D eigenvalue weighted by Gasteiger charge is 2.51. The molecule has 10 nitrogen and oxygen atoms in total. The molecule has 2 fully saturated rings. The minimum absolute atomic E-state index is 0.0310. The van der Waals surface area contributed by atoms with E-state index in [-0.39, 0.29) is 24.0 Å². The van der Waals surface area contributed by atoms with Crippen molar-refractivity contribution in [3.05, 3.63) is 0 Å². The number of ether oxygens (including phenoxy) is 3. The number of aliphatic hydroxyl groups is 4. The van der Waals surface area contributed by atoms with E-state index >= 15 is 0 Å². The fourth-order valence-electron chi connectivity index (χ4n) is 6.78. The van der Waals surface area contributed by atoms with Crippen molar-refractivity contribution < 1.29 is 39.4 Å². The summed E-state index contributed by atoms with van der Waals surface area (Å²) in [6, 6.07) is -0.716. The predicted molar refractivity (Wildman–Crippen MR) is 154 cm³/mol. The van der Waals surface area contributed by atoms with Gasteiger partial charge in [0.2, 0.25) is 0 Å². The van der Waals surface area contributed by atoms with Gasteiger partial charge in [0.05, 0.1) is 23.7 Å². The van der Waals surface area contributed by atoms with Crippen LogP contribution < -0.4 is 5.32 Å². The fourth-order valence-corrected chi connectivity index (χ4v) is 6.78. The maximum absolute atomic E-state index is 13.2. The monoisotopic (exact) mass is 574 g/mol. The van der Waals surface area contributed by atoms with Crippen molar-refractivity contribution in [1.29, 1.82) is 0 Å². The predicted octanol–water partition coefficient (Wildman–Crippen LogP) is 2.05. The van der Waals surface area contributed by atoms with E-state index in [0.29, 0.717) is 32.2 Å². The van der Waals surface area contributed by atoms with Crippen LogP contribution in [0, 0.1) is 17.8 Å². The second-order valence-corrected chi connectivity index (χ2v) is 13.8. The first kappa shape index (κ1) is 35.3. The van der Waals surface area contributed by atoms with Crippen molar-refractivity contribution in [2.45, 2.75) is 148 Å². The highest BCUT2D eigenvalue weighted by Crippen LogP contribution is 2.38. The Balaban J connectivity index is 2.45. The first-order valence-electron chi connectivity index (χ1n) is 15.0. The zero-order valence-corrected chi connectivity index (χ0v) is 26.7. The van der Waals surface area contributed by atoms with Crippen LogP contribution in [0.25, 0.3) is 0 Å². The molecule has 0 bridgehead atoms.